The summed E-state index contributed by atoms with van der Waals surface area (Å²) in [5.74, 6) is -0.467. The molecule has 0 fully saturated rings. The van der Waals surface area contributed by atoms with Crippen molar-refractivity contribution in [2.24, 2.45) is 0 Å². The van der Waals surface area contributed by atoms with Crippen molar-refractivity contribution in [1.82, 2.24) is 10.6 Å². The molecular formula is C18H17FN2O5. The highest BCUT2D eigenvalue weighted by Gasteiger charge is 2.22. The molecule has 2 amide bonds. The number of nitrogens with one attached hydrogen (secondary N) is 2. The summed E-state index contributed by atoms with van der Waals surface area (Å²) in [5, 5.41) is 14.5. The number of carbonyl (C=O) groups is 2. The minimum atomic E-state index is -1.12. The maximum Gasteiger partial charge on any atom is 0.252 e. The Balaban J connectivity index is 1.58. The Hall–Kier alpha value is -3.13. The van der Waals surface area contributed by atoms with Crippen LogP contribution in [0.2, 0.25) is 0 Å². The minimum absolute atomic E-state index is 0.0888. The van der Waals surface area contributed by atoms with E-state index in [-0.39, 0.29) is 24.7 Å². The Morgan fingerprint density at radius 2 is 1.85 bits per heavy atom. The SMILES string of the molecule is O=C(N[C@@H](CO)C(=O)NCc1ccc(F)cc1)c1ccc2c(c1)OCO2. The Labute approximate surface area is 148 Å². The monoisotopic (exact) mass is 360 g/mol. The molecule has 2 aromatic rings. The molecule has 0 spiro atoms. The van der Waals surface area contributed by atoms with E-state index in [9.17, 15) is 19.1 Å². The Bertz CT molecular complexity index is 810. The first-order valence-corrected chi connectivity index (χ1v) is 7.90. The third kappa shape index (κ3) is 4.09. The molecule has 1 aliphatic heterocycles. The number of ether oxygens (including phenoxy) is 2. The molecule has 0 aliphatic carbocycles. The summed E-state index contributed by atoms with van der Waals surface area (Å²) in [6.45, 7) is -0.327. The van der Waals surface area contributed by atoms with Crippen molar-refractivity contribution >= 4 is 11.8 Å². The van der Waals surface area contributed by atoms with Crippen LogP contribution >= 0.6 is 0 Å². The van der Waals surface area contributed by atoms with Gasteiger partial charge in [-0.15, -0.1) is 0 Å². The Kier molecular flexibility index (Phi) is 5.33. The van der Waals surface area contributed by atoms with Gasteiger partial charge in [0, 0.05) is 12.1 Å². The van der Waals surface area contributed by atoms with Crippen LogP contribution in [0.3, 0.4) is 0 Å². The number of amides is 2. The van der Waals surface area contributed by atoms with Crippen molar-refractivity contribution in [3.05, 3.63) is 59.4 Å². The second kappa shape index (κ2) is 7.83. The quantitative estimate of drug-likeness (QED) is 0.713. The predicted molar refractivity (Wildman–Crippen MR) is 89.2 cm³/mol. The number of fused-ring (bicyclic) bond motifs is 1. The van der Waals surface area contributed by atoms with Gasteiger partial charge in [-0.1, -0.05) is 12.1 Å². The third-order valence-corrected chi connectivity index (χ3v) is 3.82. The number of aliphatic hydroxyl groups excluding tert-OH is 1. The second-order valence-corrected chi connectivity index (χ2v) is 5.62. The number of benzene rings is 2. The van der Waals surface area contributed by atoms with Crippen LogP contribution in [0, 0.1) is 5.82 Å². The van der Waals surface area contributed by atoms with E-state index < -0.39 is 24.5 Å². The van der Waals surface area contributed by atoms with Gasteiger partial charge >= 0.3 is 0 Å². The average Bonchev–Trinajstić information content (AvgIpc) is 3.13. The largest absolute Gasteiger partial charge is 0.454 e. The lowest BCUT2D eigenvalue weighted by atomic mass is 10.1. The molecular weight excluding hydrogens is 343 g/mol. The first-order valence-electron chi connectivity index (χ1n) is 7.90. The van der Waals surface area contributed by atoms with Crippen LogP contribution in [0.1, 0.15) is 15.9 Å². The molecule has 7 nitrogen and oxygen atoms in total. The molecule has 2 aromatic carbocycles. The van der Waals surface area contributed by atoms with Crippen LogP contribution in [-0.2, 0) is 11.3 Å². The summed E-state index contributed by atoms with van der Waals surface area (Å²) in [4.78, 5) is 24.5. The van der Waals surface area contributed by atoms with Gasteiger partial charge in [-0.05, 0) is 35.9 Å². The Morgan fingerprint density at radius 1 is 1.12 bits per heavy atom. The van der Waals surface area contributed by atoms with Gasteiger partial charge < -0.3 is 25.2 Å². The smallest absolute Gasteiger partial charge is 0.252 e. The molecule has 3 N–H and O–H groups in total. The highest BCUT2D eigenvalue weighted by atomic mass is 19.1. The van der Waals surface area contributed by atoms with Crippen LogP contribution in [0.5, 0.6) is 11.5 Å². The van der Waals surface area contributed by atoms with Gasteiger partial charge in [-0.2, -0.15) is 0 Å². The van der Waals surface area contributed by atoms with Crippen molar-refractivity contribution in [2.75, 3.05) is 13.4 Å². The fourth-order valence-electron chi connectivity index (χ4n) is 2.39. The molecule has 1 aliphatic rings. The highest BCUT2D eigenvalue weighted by molar-refractivity contribution is 5.98. The molecule has 8 heteroatoms. The van der Waals surface area contributed by atoms with E-state index in [1.807, 2.05) is 0 Å². The zero-order valence-electron chi connectivity index (χ0n) is 13.7. The minimum Gasteiger partial charge on any atom is -0.454 e. The van der Waals surface area contributed by atoms with Gasteiger partial charge in [-0.3, -0.25) is 9.59 Å². The van der Waals surface area contributed by atoms with Crippen molar-refractivity contribution in [1.29, 1.82) is 0 Å². The lowest BCUT2D eigenvalue weighted by Crippen LogP contribution is -2.48. The predicted octanol–water partition coefficient (Wildman–Crippen LogP) is 0.961. The fraction of sp³-hybridized carbons (Fsp3) is 0.222. The molecule has 0 saturated heterocycles. The van der Waals surface area contributed by atoms with Crippen LogP contribution < -0.4 is 20.1 Å². The molecule has 1 atom stereocenters. The summed E-state index contributed by atoms with van der Waals surface area (Å²) < 4.78 is 23.3. The van der Waals surface area contributed by atoms with E-state index in [1.54, 1.807) is 6.07 Å². The number of hydrogen-bond acceptors (Lipinski definition) is 5. The van der Waals surface area contributed by atoms with Gasteiger partial charge in [-0.25, -0.2) is 4.39 Å². The summed E-state index contributed by atoms with van der Waals surface area (Å²) >= 11 is 0. The third-order valence-electron chi connectivity index (χ3n) is 3.82. The summed E-state index contributed by atoms with van der Waals surface area (Å²) in [7, 11) is 0. The standard InChI is InChI=1S/C18H17FN2O5/c19-13-4-1-11(2-5-13)8-20-18(24)14(9-22)21-17(23)12-3-6-15-16(7-12)26-10-25-15/h1-7,14,22H,8-10H2,(H,20,24)(H,21,23)/t14-/m0/s1. The van der Waals surface area contributed by atoms with E-state index in [0.29, 0.717) is 17.1 Å². The molecule has 136 valence electrons. The lowest BCUT2D eigenvalue weighted by molar-refractivity contribution is -0.124. The summed E-state index contributed by atoms with van der Waals surface area (Å²) in [6.07, 6.45) is 0. The van der Waals surface area contributed by atoms with Gasteiger partial charge in [0.15, 0.2) is 11.5 Å². The molecule has 1 heterocycles. The molecule has 0 saturated carbocycles. The summed E-state index contributed by atoms with van der Waals surface area (Å²) in [5.41, 5.74) is 0.970. The van der Waals surface area contributed by atoms with Crippen molar-refractivity contribution in [3.63, 3.8) is 0 Å². The number of rotatable bonds is 6. The second-order valence-electron chi connectivity index (χ2n) is 5.62. The van der Waals surface area contributed by atoms with Crippen molar-refractivity contribution < 1.29 is 28.6 Å². The molecule has 3 rings (SSSR count). The van der Waals surface area contributed by atoms with Gasteiger partial charge in [0.25, 0.3) is 5.91 Å². The van der Waals surface area contributed by atoms with Crippen LogP contribution in [0.4, 0.5) is 4.39 Å². The van der Waals surface area contributed by atoms with Gasteiger partial charge in [0.1, 0.15) is 11.9 Å². The Morgan fingerprint density at radius 3 is 2.58 bits per heavy atom. The maximum atomic E-state index is 12.9. The van der Waals surface area contributed by atoms with E-state index >= 15 is 0 Å². The highest BCUT2D eigenvalue weighted by Crippen LogP contribution is 2.32. The van der Waals surface area contributed by atoms with Crippen LogP contribution in [-0.4, -0.2) is 36.4 Å². The van der Waals surface area contributed by atoms with E-state index in [2.05, 4.69) is 10.6 Å². The molecule has 0 bridgehead atoms. The zero-order chi connectivity index (χ0) is 18.5. The van der Waals surface area contributed by atoms with E-state index in [1.165, 1.54) is 36.4 Å². The van der Waals surface area contributed by atoms with Crippen LogP contribution in [0.15, 0.2) is 42.5 Å². The zero-order valence-corrected chi connectivity index (χ0v) is 13.7. The van der Waals surface area contributed by atoms with Crippen molar-refractivity contribution in [2.45, 2.75) is 12.6 Å². The van der Waals surface area contributed by atoms with Crippen molar-refractivity contribution in [3.8, 4) is 11.5 Å². The topological polar surface area (TPSA) is 96.9 Å². The molecule has 26 heavy (non-hydrogen) atoms. The first-order chi connectivity index (χ1) is 12.6. The number of hydrogen-bond donors (Lipinski definition) is 3. The summed E-state index contributed by atoms with van der Waals surface area (Å²) in [6, 6.07) is 9.16. The first kappa shape index (κ1) is 17.7. The molecule has 0 aromatic heterocycles. The molecule has 0 unspecified atom stereocenters. The van der Waals surface area contributed by atoms with Gasteiger partial charge in [0.2, 0.25) is 12.7 Å². The number of aliphatic hydroxyl groups is 1. The van der Waals surface area contributed by atoms with Gasteiger partial charge in [0.05, 0.1) is 6.61 Å². The lowest BCUT2D eigenvalue weighted by Gasteiger charge is -2.16. The average molecular weight is 360 g/mol. The maximum absolute atomic E-state index is 12.9. The number of halogens is 1. The normalized spacial score (nSPS) is 13.2. The van der Waals surface area contributed by atoms with E-state index in [0.717, 1.165) is 0 Å². The fourth-order valence-corrected chi connectivity index (χ4v) is 2.39. The number of carbonyl (C=O) groups excluding carboxylic acids is 2. The van der Waals surface area contributed by atoms with Crippen LogP contribution in [0.25, 0.3) is 0 Å². The van der Waals surface area contributed by atoms with E-state index in [4.69, 9.17) is 9.47 Å². The molecule has 0 radical (unpaired) electrons.